The molecule has 18 heavy (non-hydrogen) atoms. The van der Waals surface area contributed by atoms with Gasteiger partial charge in [0, 0.05) is 19.1 Å². The Bertz CT molecular complexity index is 330. The summed E-state index contributed by atoms with van der Waals surface area (Å²) < 4.78 is 0. The zero-order chi connectivity index (χ0) is 13.9. The predicted octanol–water partition coefficient (Wildman–Crippen LogP) is 2.17. The summed E-state index contributed by atoms with van der Waals surface area (Å²) in [5, 5.41) is 9.40. The average molecular weight is 256 g/mol. The lowest BCUT2D eigenvalue weighted by Gasteiger charge is -2.44. The van der Waals surface area contributed by atoms with Crippen molar-refractivity contribution in [2.45, 2.75) is 58.5 Å². The Morgan fingerprint density at radius 2 is 2.00 bits per heavy atom. The first-order valence-electron chi connectivity index (χ1n) is 6.66. The number of carboxylic acids is 1. The van der Waals surface area contributed by atoms with Gasteiger partial charge < -0.3 is 14.9 Å². The molecule has 5 nitrogen and oxygen atoms in total. The van der Waals surface area contributed by atoms with Gasteiger partial charge in [-0.3, -0.25) is 0 Å². The standard InChI is InChI=1S/C13H24N2O3/c1-5-14(10(2)3)12(18)15-9-7-6-8-13(15,4)11(16)17/h10H,5-9H2,1-4H3,(H,16,17). The molecule has 1 unspecified atom stereocenters. The van der Waals surface area contributed by atoms with Crippen LogP contribution in [0.15, 0.2) is 0 Å². The second kappa shape index (κ2) is 5.59. The smallest absolute Gasteiger partial charge is 0.329 e. The molecule has 104 valence electrons. The van der Waals surface area contributed by atoms with Gasteiger partial charge in [-0.2, -0.15) is 0 Å². The Labute approximate surface area is 109 Å². The van der Waals surface area contributed by atoms with E-state index >= 15 is 0 Å². The fourth-order valence-electron chi connectivity index (χ4n) is 2.53. The van der Waals surface area contributed by atoms with E-state index in [4.69, 9.17) is 0 Å². The normalized spacial score (nSPS) is 24.2. The molecule has 1 heterocycles. The van der Waals surface area contributed by atoms with Crippen molar-refractivity contribution in [3.05, 3.63) is 0 Å². The summed E-state index contributed by atoms with van der Waals surface area (Å²) in [6, 6.07) is -0.0698. The highest BCUT2D eigenvalue weighted by Crippen LogP contribution is 2.29. The van der Waals surface area contributed by atoms with Crippen LogP contribution in [0.5, 0.6) is 0 Å². The minimum atomic E-state index is -1.06. The lowest BCUT2D eigenvalue weighted by atomic mass is 9.89. The van der Waals surface area contributed by atoms with E-state index in [9.17, 15) is 14.7 Å². The van der Waals surface area contributed by atoms with Gasteiger partial charge in [0.2, 0.25) is 0 Å². The number of hydrogen-bond donors (Lipinski definition) is 1. The van der Waals surface area contributed by atoms with Crippen molar-refractivity contribution in [1.29, 1.82) is 0 Å². The van der Waals surface area contributed by atoms with E-state index in [1.165, 1.54) is 4.90 Å². The van der Waals surface area contributed by atoms with Crippen LogP contribution in [0.3, 0.4) is 0 Å². The molecule has 0 radical (unpaired) electrons. The van der Waals surface area contributed by atoms with Gasteiger partial charge in [-0.1, -0.05) is 0 Å². The van der Waals surface area contributed by atoms with E-state index in [1.807, 2.05) is 20.8 Å². The first kappa shape index (κ1) is 14.8. The van der Waals surface area contributed by atoms with Crippen molar-refractivity contribution in [1.82, 2.24) is 9.80 Å². The molecule has 1 saturated heterocycles. The van der Waals surface area contributed by atoms with Crippen molar-refractivity contribution < 1.29 is 14.7 Å². The molecule has 1 fully saturated rings. The van der Waals surface area contributed by atoms with Crippen LogP contribution in [0.25, 0.3) is 0 Å². The summed E-state index contributed by atoms with van der Waals surface area (Å²) >= 11 is 0. The third kappa shape index (κ3) is 2.60. The molecule has 0 aliphatic carbocycles. The van der Waals surface area contributed by atoms with Gasteiger partial charge in [0.15, 0.2) is 0 Å². The summed E-state index contributed by atoms with van der Waals surface area (Å²) in [5.41, 5.74) is -1.06. The molecular formula is C13H24N2O3. The number of aliphatic carboxylic acids is 1. The summed E-state index contributed by atoms with van der Waals surface area (Å²) in [6.07, 6.45) is 2.27. The quantitative estimate of drug-likeness (QED) is 0.841. The van der Waals surface area contributed by atoms with Gasteiger partial charge in [-0.15, -0.1) is 0 Å². The van der Waals surface area contributed by atoms with Crippen LogP contribution in [-0.2, 0) is 4.79 Å². The van der Waals surface area contributed by atoms with E-state index in [1.54, 1.807) is 11.8 Å². The van der Waals surface area contributed by atoms with Crippen LogP contribution < -0.4 is 0 Å². The molecule has 0 aromatic rings. The van der Waals surface area contributed by atoms with Gasteiger partial charge >= 0.3 is 12.0 Å². The number of carbonyl (C=O) groups is 2. The van der Waals surface area contributed by atoms with E-state index in [0.29, 0.717) is 19.5 Å². The molecule has 0 aromatic heterocycles. The molecule has 0 saturated carbocycles. The summed E-state index contributed by atoms with van der Waals surface area (Å²) in [6.45, 7) is 8.60. The zero-order valence-corrected chi connectivity index (χ0v) is 11.8. The predicted molar refractivity (Wildman–Crippen MR) is 69.5 cm³/mol. The van der Waals surface area contributed by atoms with Crippen LogP contribution in [0.4, 0.5) is 4.79 Å². The number of hydrogen-bond acceptors (Lipinski definition) is 2. The maximum Gasteiger partial charge on any atom is 0.329 e. The Kier molecular flexibility index (Phi) is 4.59. The summed E-state index contributed by atoms with van der Waals surface area (Å²) in [4.78, 5) is 27.2. The molecule has 2 amide bonds. The molecule has 0 bridgehead atoms. The third-order valence-electron chi connectivity index (χ3n) is 3.79. The minimum absolute atomic E-state index is 0.0856. The highest BCUT2D eigenvalue weighted by Gasteiger charge is 2.45. The summed E-state index contributed by atoms with van der Waals surface area (Å²) in [5.74, 6) is -0.907. The SMILES string of the molecule is CCN(C(=O)N1CCCCC1(C)C(=O)O)C(C)C. The molecule has 1 aliphatic heterocycles. The first-order valence-corrected chi connectivity index (χ1v) is 6.66. The number of likely N-dealkylation sites (tertiary alicyclic amines) is 1. The number of rotatable bonds is 3. The van der Waals surface area contributed by atoms with E-state index in [2.05, 4.69) is 0 Å². The highest BCUT2D eigenvalue weighted by molar-refractivity contribution is 5.86. The zero-order valence-electron chi connectivity index (χ0n) is 11.8. The number of amides is 2. The Hall–Kier alpha value is -1.26. The van der Waals surface area contributed by atoms with Crippen molar-refractivity contribution in [2.24, 2.45) is 0 Å². The van der Waals surface area contributed by atoms with Crippen molar-refractivity contribution >= 4 is 12.0 Å². The molecule has 1 rings (SSSR count). The van der Waals surface area contributed by atoms with Crippen LogP contribution in [0, 0.1) is 0 Å². The van der Waals surface area contributed by atoms with E-state index in [-0.39, 0.29) is 12.1 Å². The molecule has 5 heteroatoms. The molecular weight excluding hydrogens is 232 g/mol. The molecule has 0 aromatic carbocycles. The number of urea groups is 1. The van der Waals surface area contributed by atoms with Crippen molar-refractivity contribution in [3.8, 4) is 0 Å². The molecule has 1 atom stereocenters. The lowest BCUT2D eigenvalue weighted by Crippen LogP contribution is -2.61. The Morgan fingerprint density at radius 3 is 2.44 bits per heavy atom. The molecule has 1 N–H and O–H groups in total. The van der Waals surface area contributed by atoms with E-state index < -0.39 is 11.5 Å². The second-order valence-corrected chi connectivity index (χ2v) is 5.35. The van der Waals surface area contributed by atoms with E-state index in [0.717, 1.165) is 12.8 Å². The largest absolute Gasteiger partial charge is 0.480 e. The van der Waals surface area contributed by atoms with Crippen LogP contribution in [-0.4, -0.2) is 51.6 Å². The first-order chi connectivity index (χ1) is 8.34. The average Bonchev–Trinajstić information content (AvgIpc) is 2.29. The number of piperidine rings is 1. The van der Waals surface area contributed by atoms with Gasteiger partial charge in [0.05, 0.1) is 0 Å². The van der Waals surface area contributed by atoms with Gasteiger partial charge in [-0.05, 0) is 47.0 Å². The van der Waals surface area contributed by atoms with Crippen LogP contribution >= 0.6 is 0 Å². The van der Waals surface area contributed by atoms with Crippen molar-refractivity contribution in [2.75, 3.05) is 13.1 Å². The second-order valence-electron chi connectivity index (χ2n) is 5.35. The van der Waals surface area contributed by atoms with Gasteiger partial charge in [0.25, 0.3) is 0 Å². The topological polar surface area (TPSA) is 60.9 Å². The number of nitrogens with zero attached hydrogens (tertiary/aromatic N) is 2. The molecule has 1 aliphatic rings. The lowest BCUT2D eigenvalue weighted by molar-refractivity contribution is -0.150. The maximum absolute atomic E-state index is 12.5. The maximum atomic E-state index is 12.5. The fraction of sp³-hybridized carbons (Fsp3) is 0.846. The van der Waals surface area contributed by atoms with Crippen LogP contribution in [0.1, 0.15) is 47.0 Å². The van der Waals surface area contributed by atoms with Crippen molar-refractivity contribution in [3.63, 3.8) is 0 Å². The number of carboxylic acid groups (broad SMARTS) is 1. The Balaban J connectivity index is 2.97. The minimum Gasteiger partial charge on any atom is -0.480 e. The van der Waals surface area contributed by atoms with Gasteiger partial charge in [-0.25, -0.2) is 9.59 Å². The monoisotopic (exact) mass is 256 g/mol. The summed E-state index contributed by atoms with van der Waals surface area (Å²) in [7, 11) is 0. The fourth-order valence-corrected chi connectivity index (χ4v) is 2.53. The third-order valence-corrected chi connectivity index (χ3v) is 3.79. The number of carbonyl (C=O) groups excluding carboxylic acids is 1. The van der Waals surface area contributed by atoms with Crippen LogP contribution in [0.2, 0.25) is 0 Å². The van der Waals surface area contributed by atoms with Gasteiger partial charge in [0.1, 0.15) is 5.54 Å². The highest BCUT2D eigenvalue weighted by atomic mass is 16.4. The Morgan fingerprint density at radius 1 is 1.39 bits per heavy atom. The molecule has 0 spiro atoms.